The molecule has 0 spiro atoms. The van der Waals surface area contributed by atoms with Crippen molar-refractivity contribution >= 4 is 0 Å². The van der Waals surface area contributed by atoms with Crippen molar-refractivity contribution in [1.29, 1.82) is 0 Å². The molecule has 1 aromatic rings. The zero-order valence-corrected chi connectivity index (χ0v) is 9.81. The molecule has 0 bridgehead atoms. The smallest absolute Gasteiger partial charge is 0.388 e. The fourth-order valence-corrected chi connectivity index (χ4v) is 2.29. The van der Waals surface area contributed by atoms with E-state index in [0.717, 1.165) is 18.5 Å². The van der Waals surface area contributed by atoms with Gasteiger partial charge in [0.2, 0.25) is 0 Å². The summed E-state index contributed by atoms with van der Waals surface area (Å²) in [6, 6.07) is 0.888. The molecule has 3 unspecified atom stereocenters. The van der Waals surface area contributed by atoms with Crippen LogP contribution in [0.3, 0.4) is 0 Å². The zero-order chi connectivity index (χ0) is 13.3. The van der Waals surface area contributed by atoms with Gasteiger partial charge in [0.15, 0.2) is 0 Å². The largest absolute Gasteiger partial charge is 0.416 e. The molecule has 0 saturated carbocycles. The minimum absolute atomic E-state index is 0.174. The third-order valence-corrected chi connectivity index (χ3v) is 3.32. The van der Waals surface area contributed by atoms with E-state index in [1.807, 2.05) is 0 Å². The Balaban J connectivity index is 2.33. The molecule has 1 fully saturated rings. The molecule has 1 aliphatic heterocycles. The molecule has 2 heterocycles. The number of alkyl halides is 3. The van der Waals surface area contributed by atoms with Crippen molar-refractivity contribution in [3.8, 4) is 0 Å². The standard InChI is InChI=1S/C12H14F3NO2/c1-7-8(3-5-18-7)11(17)9-6-16-4-2-10(9)12(13,14)15/h2,4,6-8,11,17H,3,5H2,1H3. The molecule has 100 valence electrons. The van der Waals surface area contributed by atoms with Gasteiger partial charge in [-0.1, -0.05) is 0 Å². The Morgan fingerprint density at radius 3 is 2.78 bits per heavy atom. The highest BCUT2D eigenvalue weighted by Gasteiger charge is 2.39. The predicted octanol–water partition coefficient (Wildman–Crippen LogP) is 2.56. The average molecular weight is 261 g/mol. The molecular formula is C12H14F3NO2. The Morgan fingerprint density at radius 1 is 1.50 bits per heavy atom. The van der Waals surface area contributed by atoms with Gasteiger partial charge in [0, 0.05) is 30.5 Å². The van der Waals surface area contributed by atoms with E-state index in [1.165, 1.54) is 0 Å². The van der Waals surface area contributed by atoms with Crippen LogP contribution >= 0.6 is 0 Å². The molecule has 3 atom stereocenters. The van der Waals surface area contributed by atoms with E-state index in [9.17, 15) is 18.3 Å². The predicted molar refractivity (Wildman–Crippen MR) is 57.7 cm³/mol. The second kappa shape index (κ2) is 4.85. The minimum Gasteiger partial charge on any atom is -0.388 e. The molecule has 0 radical (unpaired) electrons. The van der Waals surface area contributed by atoms with Crippen LogP contribution in [0.25, 0.3) is 0 Å². The maximum absolute atomic E-state index is 12.8. The van der Waals surface area contributed by atoms with Crippen molar-refractivity contribution in [1.82, 2.24) is 4.98 Å². The summed E-state index contributed by atoms with van der Waals surface area (Å²) < 4.78 is 43.7. The summed E-state index contributed by atoms with van der Waals surface area (Å²) in [5, 5.41) is 10.1. The molecule has 0 aromatic carbocycles. The van der Waals surface area contributed by atoms with Gasteiger partial charge in [0.05, 0.1) is 17.8 Å². The Bertz CT molecular complexity index is 422. The fourth-order valence-electron chi connectivity index (χ4n) is 2.29. The van der Waals surface area contributed by atoms with Gasteiger partial charge in [-0.2, -0.15) is 13.2 Å². The second-order valence-electron chi connectivity index (χ2n) is 4.43. The van der Waals surface area contributed by atoms with Crippen LogP contribution in [0.5, 0.6) is 0 Å². The van der Waals surface area contributed by atoms with Gasteiger partial charge in [-0.05, 0) is 19.4 Å². The van der Waals surface area contributed by atoms with Gasteiger partial charge in [-0.3, -0.25) is 4.98 Å². The van der Waals surface area contributed by atoms with Crippen molar-refractivity contribution in [2.24, 2.45) is 5.92 Å². The minimum atomic E-state index is -4.48. The Hall–Kier alpha value is -1.14. The van der Waals surface area contributed by atoms with Crippen molar-refractivity contribution in [2.75, 3.05) is 6.61 Å². The summed E-state index contributed by atoms with van der Waals surface area (Å²) in [6.45, 7) is 2.22. The zero-order valence-electron chi connectivity index (χ0n) is 9.81. The number of nitrogens with zero attached hydrogens (tertiary/aromatic N) is 1. The fraction of sp³-hybridized carbons (Fsp3) is 0.583. The third kappa shape index (κ3) is 2.49. The van der Waals surface area contributed by atoms with E-state index < -0.39 is 17.8 Å². The van der Waals surface area contributed by atoms with E-state index in [4.69, 9.17) is 4.74 Å². The summed E-state index contributed by atoms with van der Waals surface area (Å²) in [5.41, 5.74) is -1.00. The molecule has 0 amide bonds. The number of rotatable bonds is 2. The van der Waals surface area contributed by atoms with E-state index >= 15 is 0 Å². The molecule has 18 heavy (non-hydrogen) atoms. The summed E-state index contributed by atoms with van der Waals surface area (Å²) in [7, 11) is 0. The number of halogens is 3. The molecule has 1 aromatic heterocycles. The van der Waals surface area contributed by atoms with E-state index in [0.29, 0.717) is 13.0 Å². The number of ether oxygens (including phenoxy) is 1. The van der Waals surface area contributed by atoms with Crippen LogP contribution in [0.15, 0.2) is 18.5 Å². The quantitative estimate of drug-likeness (QED) is 0.889. The van der Waals surface area contributed by atoms with Gasteiger partial charge >= 0.3 is 6.18 Å². The Labute approximate surface area is 103 Å². The number of hydrogen-bond donors (Lipinski definition) is 1. The first-order valence-electron chi connectivity index (χ1n) is 5.72. The maximum atomic E-state index is 12.8. The number of hydrogen-bond acceptors (Lipinski definition) is 3. The maximum Gasteiger partial charge on any atom is 0.416 e. The lowest BCUT2D eigenvalue weighted by Gasteiger charge is -2.23. The van der Waals surface area contributed by atoms with Crippen LogP contribution in [0.4, 0.5) is 13.2 Å². The lowest BCUT2D eigenvalue weighted by Crippen LogP contribution is -2.22. The highest BCUT2D eigenvalue weighted by molar-refractivity contribution is 5.29. The summed E-state index contributed by atoms with van der Waals surface area (Å²) >= 11 is 0. The summed E-state index contributed by atoms with van der Waals surface area (Å²) in [5.74, 6) is -0.324. The monoisotopic (exact) mass is 261 g/mol. The van der Waals surface area contributed by atoms with Crippen molar-refractivity contribution in [3.05, 3.63) is 29.6 Å². The van der Waals surface area contributed by atoms with Gasteiger partial charge in [0.1, 0.15) is 0 Å². The summed E-state index contributed by atoms with van der Waals surface area (Å²) in [4.78, 5) is 3.68. The lowest BCUT2D eigenvalue weighted by molar-refractivity contribution is -0.139. The molecule has 1 saturated heterocycles. The van der Waals surface area contributed by atoms with Gasteiger partial charge in [0.25, 0.3) is 0 Å². The van der Waals surface area contributed by atoms with Gasteiger partial charge < -0.3 is 9.84 Å². The molecule has 1 aliphatic rings. The lowest BCUT2D eigenvalue weighted by atomic mass is 9.89. The van der Waals surface area contributed by atoms with Gasteiger partial charge in [-0.15, -0.1) is 0 Å². The first kappa shape index (κ1) is 13.3. The Kier molecular flexibility index (Phi) is 3.59. The average Bonchev–Trinajstić information content (AvgIpc) is 2.73. The number of aliphatic hydroxyl groups is 1. The Morgan fingerprint density at radius 2 is 2.22 bits per heavy atom. The van der Waals surface area contributed by atoms with E-state index in [-0.39, 0.29) is 17.6 Å². The van der Waals surface area contributed by atoms with Crippen molar-refractivity contribution in [3.63, 3.8) is 0 Å². The van der Waals surface area contributed by atoms with Crippen LogP contribution in [0.1, 0.15) is 30.6 Å². The SMILES string of the molecule is CC1OCCC1C(O)c1cnccc1C(F)(F)F. The number of aliphatic hydroxyl groups excluding tert-OH is 1. The first-order valence-corrected chi connectivity index (χ1v) is 5.72. The summed E-state index contributed by atoms with van der Waals surface area (Å²) in [6.07, 6.45) is -3.23. The van der Waals surface area contributed by atoms with E-state index in [1.54, 1.807) is 6.92 Å². The topological polar surface area (TPSA) is 42.4 Å². The van der Waals surface area contributed by atoms with Crippen LogP contribution in [-0.4, -0.2) is 22.8 Å². The highest BCUT2D eigenvalue weighted by atomic mass is 19.4. The number of aromatic nitrogens is 1. The third-order valence-electron chi connectivity index (χ3n) is 3.32. The molecule has 1 N–H and O–H groups in total. The van der Waals surface area contributed by atoms with E-state index in [2.05, 4.69) is 4.98 Å². The second-order valence-corrected chi connectivity index (χ2v) is 4.43. The van der Waals surface area contributed by atoms with Gasteiger partial charge in [-0.25, -0.2) is 0 Å². The highest BCUT2D eigenvalue weighted by Crippen LogP contribution is 2.39. The van der Waals surface area contributed by atoms with Crippen LogP contribution in [0, 0.1) is 5.92 Å². The molecule has 6 heteroatoms. The number of pyridine rings is 1. The molecule has 0 aliphatic carbocycles. The van der Waals surface area contributed by atoms with Crippen molar-refractivity contribution < 1.29 is 23.0 Å². The van der Waals surface area contributed by atoms with Crippen LogP contribution in [0.2, 0.25) is 0 Å². The molecule has 2 rings (SSSR count). The van der Waals surface area contributed by atoms with Crippen LogP contribution < -0.4 is 0 Å². The molecule has 3 nitrogen and oxygen atoms in total. The normalized spacial score (nSPS) is 26.3. The first-order chi connectivity index (χ1) is 8.41. The van der Waals surface area contributed by atoms with Crippen molar-refractivity contribution in [2.45, 2.75) is 31.7 Å². The van der Waals surface area contributed by atoms with Crippen LogP contribution in [-0.2, 0) is 10.9 Å². The molecular weight excluding hydrogens is 247 g/mol.